The fourth-order valence-electron chi connectivity index (χ4n) is 1.44. The molecule has 2 rings (SSSR count). The van der Waals surface area contributed by atoms with Crippen molar-refractivity contribution in [2.75, 3.05) is 0 Å². The molecule has 0 aliphatic carbocycles. The molecule has 0 unspecified atom stereocenters. The molecule has 0 amide bonds. The van der Waals surface area contributed by atoms with E-state index < -0.39 is 5.82 Å². The second kappa shape index (κ2) is 5.57. The monoisotopic (exact) mass is 285 g/mol. The molecular formula is C13H10Cl2FNO. The van der Waals surface area contributed by atoms with Gasteiger partial charge in [-0.2, -0.15) is 0 Å². The molecule has 0 atom stereocenters. The number of rotatable bonds is 3. The lowest BCUT2D eigenvalue weighted by molar-refractivity contribution is 0.442. The molecule has 0 aromatic heterocycles. The average Bonchev–Trinajstić information content (AvgIpc) is 2.37. The molecule has 0 saturated heterocycles. The maximum atomic E-state index is 13.7. The van der Waals surface area contributed by atoms with Gasteiger partial charge in [0.1, 0.15) is 10.8 Å². The third-order valence-electron chi connectivity index (χ3n) is 2.37. The summed E-state index contributed by atoms with van der Waals surface area (Å²) in [6, 6.07) is 9.45. The number of ether oxygens (including phenoxy) is 1. The van der Waals surface area contributed by atoms with E-state index >= 15 is 0 Å². The summed E-state index contributed by atoms with van der Waals surface area (Å²) >= 11 is 11.8. The van der Waals surface area contributed by atoms with E-state index in [1.54, 1.807) is 24.3 Å². The first kappa shape index (κ1) is 13.1. The van der Waals surface area contributed by atoms with Crippen molar-refractivity contribution in [2.24, 2.45) is 5.73 Å². The Morgan fingerprint density at radius 1 is 1.11 bits per heavy atom. The fraction of sp³-hybridized carbons (Fsp3) is 0.0769. The first-order valence-corrected chi connectivity index (χ1v) is 5.97. The number of hydrogen-bond donors (Lipinski definition) is 1. The molecule has 2 nitrogen and oxygen atoms in total. The lowest BCUT2D eigenvalue weighted by Crippen LogP contribution is -1.97. The Bertz CT molecular complexity index is 575. The number of halogens is 3. The first-order valence-electron chi connectivity index (χ1n) is 5.22. The van der Waals surface area contributed by atoms with E-state index in [1.165, 1.54) is 12.1 Å². The normalized spacial score (nSPS) is 10.4. The lowest BCUT2D eigenvalue weighted by atomic mass is 10.2. The van der Waals surface area contributed by atoms with Crippen molar-refractivity contribution in [2.45, 2.75) is 6.54 Å². The van der Waals surface area contributed by atoms with E-state index in [9.17, 15) is 4.39 Å². The summed E-state index contributed by atoms with van der Waals surface area (Å²) in [5.41, 5.74) is 6.11. The fourth-order valence-corrected chi connectivity index (χ4v) is 1.77. The molecule has 0 bridgehead atoms. The van der Waals surface area contributed by atoms with Crippen molar-refractivity contribution in [1.29, 1.82) is 0 Å². The minimum atomic E-state index is -0.492. The molecule has 5 heteroatoms. The van der Waals surface area contributed by atoms with Crippen LogP contribution in [0.3, 0.4) is 0 Å². The standard InChI is InChI=1S/C13H10Cl2FNO/c14-9-2-1-3-12(13(9)15)18-11-5-4-8(7-17)6-10(11)16/h1-6H,7,17H2. The van der Waals surface area contributed by atoms with Crippen LogP contribution in [-0.2, 0) is 6.54 Å². The molecule has 0 saturated carbocycles. The van der Waals surface area contributed by atoms with Crippen molar-refractivity contribution >= 4 is 23.2 Å². The van der Waals surface area contributed by atoms with Gasteiger partial charge in [0.15, 0.2) is 11.6 Å². The summed E-state index contributed by atoms with van der Waals surface area (Å²) in [6.07, 6.45) is 0. The van der Waals surface area contributed by atoms with Crippen LogP contribution in [0, 0.1) is 5.82 Å². The maximum absolute atomic E-state index is 13.7. The van der Waals surface area contributed by atoms with Crippen molar-refractivity contribution in [3.8, 4) is 11.5 Å². The molecule has 94 valence electrons. The largest absolute Gasteiger partial charge is 0.453 e. The minimum absolute atomic E-state index is 0.0800. The van der Waals surface area contributed by atoms with Gasteiger partial charge in [-0.15, -0.1) is 0 Å². The van der Waals surface area contributed by atoms with Crippen LogP contribution in [0.1, 0.15) is 5.56 Å². The van der Waals surface area contributed by atoms with E-state index in [0.717, 1.165) is 0 Å². The minimum Gasteiger partial charge on any atom is -0.453 e. The number of benzene rings is 2. The number of hydrogen-bond acceptors (Lipinski definition) is 2. The summed E-state index contributed by atoms with van der Waals surface area (Å²) in [4.78, 5) is 0. The topological polar surface area (TPSA) is 35.2 Å². The van der Waals surface area contributed by atoms with E-state index in [4.69, 9.17) is 33.7 Å². The zero-order valence-electron chi connectivity index (χ0n) is 9.29. The Labute approximate surface area is 114 Å². The Morgan fingerprint density at radius 3 is 2.56 bits per heavy atom. The molecule has 0 aliphatic rings. The highest BCUT2D eigenvalue weighted by molar-refractivity contribution is 6.42. The van der Waals surface area contributed by atoms with Crippen molar-refractivity contribution in [1.82, 2.24) is 0 Å². The second-order valence-electron chi connectivity index (χ2n) is 3.62. The van der Waals surface area contributed by atoms with Crippen LogP contribution in [0.4, 0.5) is 4.39 Å². The van der Waals surface area contributed by atoms with Crippen LogP contribution in [0.5, 0.6) is 11.5 Å². The molecule has 0 heterocycles. The van der Waals surface area contributed by atoms with Gasteiger partial charge < -0.3 is 10.5 Å². The molecule has 0 fully saturated rings. The van der Waals surface area contributed by atoms with Crippen LogP contribution >= 0.6 is 23.2 Å². The van der Waals surface area contributed by atoms with Crippen molar-refractivity contribution in [3.05, 3.63) is 57.8 Å². The van der Waals surface area contributed by atoms with E-state index in [2.05, 4.69) is 0 Å². The Kier molecular flexibility index (Phi) is 4.07. The van der Waals surface area contributed by atoms with E-state index in [0.29, 0.717) is 16.3 Å². The Morgan fingerprint density at radius 2 is 1.89 bits per heavy atom. The van der Waals surface area contributed by atoms with Gasteiger partial charge in [0, 0.05) is 6.54 Å². The SMILES string of the molecule is NCc1ccc(Oc2cccc(Cl)c2Cl)c(F)c1. The Balaban J connectivity index is 2.31. The van der Waals surface area contributed by atoms with Gasteiger partial charge in [0.25, 0.3) is 0 Å². The van der Waals surface area contributed by atoms with Gasteiger partial charge in [0.2, 0.25) is 0 Å². The zero-order valence-corrected chi connectivity index (χ0v) is 10.8. The average molecular weight is 286 g/mol. The molecule has 18 heavy (non-hydrogen) atoms. The second-order valence-corrected chi connectivity index (χ2v) is 4.41. The predicted molar refractivity (Wildman–Crippen MR) is 70.8 cm³/mol. The van der Waals surface area contributed by atoms with Crippen LogP contribution < -0.4 is 10.5 Å². The highest BCUT2D eigenvalue weighted by Gasteiger charge is 2.10. The quantitative estimate of drug-likeness (QED) is 0.908. The van der Waals surface area contributed by atoms with Crippen LogP contribution in [-0.4, -0.2) is 0 Å². The van der Waals surface area contributed by atoms with Gasteiger partial charge in [-0.1, -0.05) is 35.3 Å². The van der Waals surface area contributed by atoms with Gasteiger partial charge in [-0.05, 0) is 29.8 Å². The van der Waals surface area contributed by atoms with Gasteiger partial charge in [-0.3, -0.25) is 0 Å². The zero-order chi connectivity index (χ0) is 13.1. The third-order valence-corrected chi connectivity index (χ3v) is 3.17. The molecule has 0 radical (unpaired) electrons. The molecule has 0 spiro atoms. The number of nitrogens with two attached hydrogens (primary N) is 1. The van der Waals surface area contributed by atoms with Crippen molar-refractivity contribution in [3.63, 3.8) is 0 Å². The summed E-state index contributed by atoms with van der Waals surface area (Å²) in [6.45, 7) is 0.273. The molecular weight excluding hydrogens is 276 g/mol. The summed E-state index contributed by atoms with van der Waals surface area (Å²) in [7, 11) is 0. The smallest absolute Gasteiger partial charge is 0.166 e. The van der Waals surface area contributed by atoms with Crippen LogP contribution in [0.2, 0.25) is 10.0 Å². The lowest BCUT2D eigenvalue weighted by Gasteiger charge is -2.09. The molecule has 0 aliphatic heterocycles. The summed E-state index contributed by atoms with van der Waals surface area (Å²) in [5, 5.41) is 0.606. The summed E-state index contributed by atoms with van der Waals surface area (Å²) < 4.78 is 19.1. The van der Waals surface area contributed by atoms with Crippen LogP contribution in [0.15, 0.2) is 36.4 Å². The van der Waals surface area contributed by atoms with Crippen LogP contribution in [0.25, 0.3) is 0 Å². The van der Waals surface area contributed by atoms with E-state index in [1.807, 2.05) is 0 Å². The van der Waals surface area contributed by atoms with Gasteiger partial charge in [0.05, 0.1) is 5.02 Å². The Hall–Kier alpha value is -1.29. The van der Waals surface area contributed by atoms with Gasteiger partial charge >= 0.3 is 0 Å². The third kappa shape index (κ3) is 2.75. The van der Waals surface area contributed by atoms with Gasteiger partial charge in [-0.25, -0.2) is 4.39 Å². The molecule has 2 aromatic rings. The van der Waals surface area contributed by atoms with Crippen molar-refractivity contribution < 1.29 is 9.13 Å². The maximum Gasteiger partial charge on any atom is 0.166 e. The molecule has 2 N–H and O–H groups in total. The molecule has 2 aromatic carbocycles. The van der Waals surface area contributed by atoms with E-state index in [-0.39, 0.29) is 17.3 Å². The summed E-state index contributed by atoms with van der Waals surface area (Å²) in [5.74, 6) is -0.103. The first-order chi connectivity index (χ1) is 8.61. The highest BCUT2D eigenvalue weighted by atomic mass is 35.5. The predicted octanol–water partition coefficient (Wildman–Crippen LogP) is 4.38. The highest BCUT2D eigenvalue weighted by Crippen LogP contribution is 2.35.